The van der Waals surface area contributed by atoms with Crippen molar-refractivity contribution in [3.05, 3.63) is 65.5 Å². The summed E-state index contributed by atoms with van der Waals surface area (Å²) in [6, 6.07) is 7.32. The summed E-state index contributed by atoms with van der Waals surface area (Å²) in [6.07, 6.45) is 3.44. The number of hydrogen-bond acceptors (Lipinski definition) is 3. The van der Waals surface area contributed by atoms with Gasteiger partial charge in [-0.15, -0.1) is 0 Å². The van der Waals surface area contributed by atoms with Gasteiger partial charge in [-0.25, -0.2) is 8.78 Å². The van der Waals surface area contributed by atoms with Crippen LogP contribution in [-0.2, 0) is 6.54 Å². The zero-order chi connectivity index (χ0) is 14.5. The van der Waals surface area contributed by atoms with E-state index in [9.17, 15) is 8.78 Å². The topological polar surface area (TPSA) is 42.2 Å². The van der Waals surface area contributed by atoms with Gasteiger partial charge in [-0.1, -0.05) is 12.1 Å². The summed E-state index contributed by atoms with van der Waals surface area (Å²) in [7, 11) is 1.89. The molecule has 1 heterocycles. The van der Waals surface area contributed by atoms with Crippen molar-refractivity contribution < 1.29 is 8.78 Å². The molecule has 1 atom stereocenters. The van der Waals surface area contributed by atoms with Gasteiger partial charge < -0.3 is 10.6 Å². The predicted molar refractivity (Wildman–Crippen MR) is 73.9 cm³/mol. The molecule has 3 nitrogen and oxygen atoms in total. The molecular weight excluding hydrogens is 260 g/mol. The zero-order valence-corrected chi connectivity index (χ0v) is 11.3. The molecule has 0 amide bonds. The fraction of sp³-hybridized carbons (Fsp3) is 0.267. The van der Waals surface area contributed by atoms with Crippen LogP contribution in [0, 0.1) is 11.6 Å². The van der Waals surface area contributed by atoms with E-state index in [0.29, 0.717) is 13.1 Å². The normalized spacial score (nSPS) is 12.7. The fourth-order valence-corrected chi connectivity index (χ4v) is 2.11. The Kier molecular flexibility index (Phi) is 4.76. The van der Waals surface area contributed by atoms with E-state index >= 15 is 0 Å². The van der Waals surface area contributed by atoms with Crippen LogP contribution in [0.15, 0.2) is 42.7 Å². The van der Waals surface area contributed by atoms with E-state index in [1.54, 1.807) is 12.4 Å². The molecule has 0 saturated carbocycles. The van der Waals surface area contributed by atoms with Gasteiger partial charge in [0.15, 0.2) is 11.6 Å². The summed E-state index contributed by atoms with van der Waals surface area (Å²) in [5, 5.41) is 0. The summed E-state index contributed by atoms with van der Waals surface area (Å²) >= 11 is 0. The maximum atomic E-state index is 13.6. The van der Waals surface area contributed by atoms with E-state index in [4.69, 9.17) is 5.73 Å². The number of pyridine rings is 1. The standard InChI is InChI=1S/C15H17F2N3/c1-20(9-11-5-7-19-8-6-11)10-14(18)12-3-2-4-13(16)15(12)17/h2-8,14H,9-10,18H2,1H3. The van der Waals surface area contributed by atoms with Crippen molar-refractivity contribution in [3.63, 3.8) is 0 Å². The third-order valence-electron chi connectivity index (χ3n) is 3.09. The number of hydrogen-bond donors (Lipinski definition) is 1. The molecule has 0 aliphatic heterocycles. The van der Waals surface area contributed by atoms with E-state index in [2.05, 4.69) is 4.98 Å². The van der Waals surface area contributed by atoms with Gasteiger partial charge in [0.2, 0.25) is 0 Å². The molecule has 1 unspecified atom stereocenters. The molecule has 0 aliphatic rings. The number of nitrogens with zero attached hydrogens (tertiary/aromatic N) is 2. The second-order valence-electron chi connectivity index (χ2n) is 4.80. The number of aromatic nitrogens is 1. The highest BCUT2D eigenvalue weighted by Crippen LogP contribution is 2.18. The lowest BCUT2D eigenvalue weighted by molar-refractivity contribution is 0.301. The summed E-state index contributed by atoms with van der Waals surface area (Å²) in [4.78, 5) is 5.91. The minimum Gasteiger partial charge on any atom is -0.323 e. The first kappa shape index (κ1) is 14.6. The monoisotopic (exact) mass is 277 g/mol. The first-order valence-electron chi connectivity index (χ1n) is 6.35. The molecule has 20 heavy (non-hydrogen) atoms. The van der Waals surface area contributed by atoms with Gasteiger partial charge >= 0.3 is 0 Å². The van der Waals surface area contributed by atoms with Crippen LogP contribution in [0.25, 0.3) is 0 Å². The smallest absolute Gasteiger partial charge is 0.163 e. The highest BCUT2D eigenvalue weighted by Gasteiger charge is 2.16. The Labute approximate surface area is 117 Å². The fourth-order valence-electron chi connectivity index (χ4n) is 2.11. The molecule has 2 N–H and O–H groups in total. The van der Waals surface area contributed by atoms with Crippen molar-refractivity contribution in [1.82, 2.24) is 9.88 Å². The van der Waals surface area contributed by atoms with E-state index in [1.165, 1.54) is 12.1 Å². The number of nitrogens with two attached hydrogens (primary N) is 1. The minimum absolute atomic E-state index is 0.201. The Morgan fingerprint density at radius 3 is 2.60 bits per heavy atom. The Morgan fingerprint density at radius 2 is 1.90 bits per heavy atom. The quantitative estimate of drug-likeness (QED) is 0.913. The van der Waals surface area contributed by atoms with Gasteiger partial charge in [0.05, 0.1) is 0 Å². The van der Waals surface area contributed by atoms with Crippen molar-refractivity contribution in [1.29, 1.82) is 0 Å². The van der Waals surface area contributed by atoms with Gasteiger partial charge in [-0.3, -0.25) is 4.98 Å². The van der Waals surface area contributed by atoms with Crippen LogP contribution in [0.1, 0.15) is 17.2 Å². The second-order valence-corrected chi connectivity index (χ2v) is 4.80. The Bertz CT molecular complexity index is 560. The lowest BCUT2D eigenvalue weighted by atomic mass is 10.1. The van der Waals surface area contributed by atoms with Gasteiger partial charge in [-0.05, 0) is 30.8 Å². The lowest BCUT2D eigenvalue weighted by Gasteiger charge is -2.22. The Balaban J connectivity index is 2.00. The number of halogens is 2. The third kappa shape index (κ3) is 3.59. The SMILES string of the molecule is CN(Cc1ccncc1)CC(N)c1cccc(F)c1F. The molecule has 0 fully saturated rings. The van der Waals surface area contributed by atoms with Crippen LogP contribution < -0.4 is 5.73 Å². The van der Waals surface area contributed by atoms with Crippen molar-refractivity contribution in [2.24, 2.45) is 5.73 Å². The van der Waals surface area contributed by atoms with Crippen LogP contribution in [0.2, 0.25) is 0 Å². The summed E-state index contributed by atoms with van der Waals surface area (Å²) in [5.41, 5.74) is 7.25. The van der Waals surface area contributed by atoms with Crippen molar-refractivity contribution in [2.45, 2.75) is 12.6 Å². The minimum atomic E-state index is -0.866. The molecule has 0 spiro atoms. The first-order chi connectivity index (χ1) is 9.58. The lowest BCUT2D eigenvalue weighted by Crippen LogP contribution is -2.29. The van der Waals surface area contributed by atoms with E-state index < -0.39 is 17.7 Å². The van der Waals surface area contributed by atoms with E-state index in [0.717, 1.165) is 11.6 Å². The summed E-state index contributed by atoms with van der Waals surface area (Å²) in [5.74, 6) is -1.73. The number of likely N-dealkylation sites (N-methyl/N-ethyl adjacent to an activating group) is 1. The van der Waals surface area contributed by atoms with Gasteiger partial charge in [0.1, 0.15) is 0 Å². The van der Waals surface area contributed by atoms with Gasteiger partial charge in [-0.2, -0.15) is 0 Å². The van der Waals surface area contributed by atoms with Crippen LogP contribution in [0.5, 0.6) is 0 Å². The molecule has 106 valence electrons. The molecular formula is C15H17F2N3. The molecule has 0 saturated heterocycles. The zero-order valence-electron chi connectivity index (χ0n) is 11.3. The van der Waals surface area contributed by atoms with Crippen molar-refractivity contribution >= 4 is 0 Å². The van der Waals surface area contributed by atoms with E-state index in [-0.39, 0.29) is 5.56 Å². The molecule has 5 heteroatoms. The third-order valence-corrected chi connectivity index (χ3v) is 3.09. The first-order valence-corrected chi connectivity index (χ1v) is 6.35. The van der Waals surface area contributed by atoms with Crippen LogP contribution in [0.4, 0.5) is 8.78 Å². The van der Waals surface area contributed by atoms with Gasteiger partial charge in [0.25, 0.3) is 0 Å². The average Bonchev–Trinajstić information content (AvgIpc) is 2.42. The maximum Gasteiger partial charge on any atom is 0.163 e. The maximum absolute atomic E-state index is 13.6. The molecule has 0 radical (unpaired) electrons. The number of benzene rings is 1. The van der Waals surface area contributed by atoms with Crippen LogP contribution >= 0.6 is 0 Å². The largest absolute Gasteiger partial charge is 0.323 e. The molecule has 2 aromatic rings. The molecule has 0 bridgehead atoms. The Hall–Kier alpha value is -1.85. The van der Waals surface area contributed by atoms with Crippen LogP contribution in [0.3, 0.4) is 0 Å². The summed E-state index contributed by atoms with van der Waals surface area (Å²) in [6.45, 7) is 1.11. The van der Waals surface area contributed by atoms with Crippen LogP contribution in [-0.4, -0.2) is 23.5 Å². The van der Waals surface area contributed by atoms with Gasteiger partial charge in [0, 0.05) is 37.1 Å². The molecule has 2 rings (SSSR count). The molecule has 1 aromatic carbocycles. The van der Waals surface area contributed by atoms with Crippen molar-refractivity contribution in [2.75, 3.05) is 13.6 Å². The Morgan fingerprint density at radius 1 is 1.20 bits per heavy atom. The molecule has 0 aliphatic carbocycles. The van der Waals surface area contributed by atoms with Crippen molar-refractivity contribution in [3.8, 4) is 0 Å². The van der Waals surface area contributed by atoms with E-state index in [1.807, 2.05) is 24.1 Å². The predicted octanol–water partition coefficient (Wildman–Crippen LogP) is 2.49. The highest BCUT2D eigenvalue weighted by atomic mass is 19.2. The highest BCUT2D eigenvalue weighted by molar-refractivity contribution is 5.22. The average molecular weight is 277 g/mol. The number of rotatable bonds is 5. The summed E-state index contributed by atoms with van der Waals surface area (Å²) < 4.78 is 26.8. The molecule has 1 aromatic heterocycles. The second kappa shape index (κ2) is 6.54.